The summed E-state index contributed by atoms with van der Waals surface area (Å²) in [7, 11) is 1.57. The number of nitrogens with one attached hydrogen (secondary N) is 1. The van der Waals surface area contributed by atoms with Crippen molar-refractivity contribution < 1.29 is 14.3 Å². The fourth-order valence-corrected chi connectivity index (χ4v) is 3.35. The lowest BCUT2D eigenvalue weighted by atomic mass is 10.2. The highest BCUT2D eigenvalue weighted by Gasteiger charge is 2.31. The number of thioether (sulfide) groups is 1. The first-order chi connectivity index (χ1) is 12.2. The highest BCUT2D eigenvalue weighted by Crippen LogP contribution is 2.25. The number of carbonyl (C=O) groups excluding carboxylic acids is 2. The van der Waals surface area contributed by atoms with Crippen LogP contribution in [0.3, 0.4) is 0 Å². The third-order valence-electron chi connectivity index (χ3n) is 3.73. The van der Waals surface area contributed by atoms with Gasteiger partial charge in [-0.3, -0.25) is 15.0 Å². The highest BCUT2D eigenvalue weighted by molar-refractivity contribution is 8.01. The normalized spacial score (nSPS) is 17.1. The number of carbonyl (C=O) groups is 2. The topological polar surface area (TPSA) is 58.6 Å². The minimum absolute atomic E-state index is 0.116. The summed E-state index contributed by atoms with van der Waals surface area (Å²) in [6, 6.07) is 16.6. The van der Waals surface area contributed by atoms with Gasteiger partial charge >= 0.3 is 0 Å². The Hall–Kier alpha value is -2.73. The molecular formula is C19H18N2O3S. The van der Waals surface area contributed by atoms with E-state index in [1.165, 1.54) is 16.8 Å². The zero-order valence-electron chi connectivity index (χ0n) is 13.7. The molecule has 1 fully saturated rings. The molecular weight excluding hydrogens is 336 g/mol. The SMILES string of the molecule is COc1ccc(C(=O)NN2C(=O)CS[C@@H]2/C=C/c2ccccc2)cc1. The first kappa shape index (κ1) is 17.1. The van der Waals surface area contributed by atoms with Crippen LogP contribution in [0.25, 0.3) is 6.08 Å². The van der Waals surface area contributed by atoms with Gasteiger partial charge in [0.2, 0.25) is 0 Å². The minimum atomic E-state index is -0.323. The first-order valence-corrected chi connectivity index (χ1v) is 8.84. The number of rotatable bonds is 5. The Kier molecular flexibility index (Phi) is 5.40. The van der Waals surface area contributed by atoms with Crippen molar-refractivity contribution in [3.63, 3.8) is 0 Å². The summed E-state index contributed by atoms with van der Waals surface area (Å²) in [5, 5.41) is 1.16. The molecule has 0 spiro atoms. The van der Waals surface area contributed by atoms with Gasteiger partial charge in [0.15, 0.2) is 0 Å². The maximum atomic E-state index is 12.4. The Morgan fingerprint density at radius 3 is 2.60 bits per heavy atom. The lowest BCUT2D eigenvalue weighted by Crippen LogP contribution is -2.46. The molecule has 0 aromatic heterocycles. The number of nitrogens with zero attached hydrogens (tertiary/aromatic N) is 1. The summed E-state index contributed by atoms with van der Waals surface area (Å²) in [6.07, 6.45) is 3.86. The van der Waals surface area contributed by atoms with Crippen LogP contribution in [-0.4, -0.2) is 35.1 Å². The Balaban J connectivity index is 1.69. The van der Waals surface area contributed by atoms with Gasteiger partial charge in [-0.25, -0.2) is 5.01 Å². The van der Waals surface area contributed by atoms with E-state index in [0.717, 1.165) is 5.56 Å². The van der Waals surface area contributed by atoms with Crippen molar-refractivity contribution in [3.05, 3.63) is 71.8 Å². The van der Waals surface area contributed by atoms with E-state index in [1.54, 1.807) is 31.4 Å². The standard InChI is InChI=1S/C19H18N2O3S/c1-24-16-10-8-15(9-11-16)19(23)20-21-17(22)13-25-18(21)12-7-14-5-3-2-4-6-14/h2-12,18H,13H2,1H3,(H,20,23)/b12-7+/t18-/m1/s1. The van der Waals surface area contributed by atoms with Gasteiger partial charge in [-0.1, -0.05) is 36.4 Å². The van der Waals surface area contributed by atoms with E-state index in [-0.39, 0.29) is 17.2 Å². The van der Waals surface area contributed by atoms with Gasteiger partial charge < -0.3 is 4.74 Å². The van der Waals surface area contributed by atoms with Crippen LogP contribution < -0.4 is 10.2 Å². The fraction of sp³-hybridized carbons (Fsp3) is 0.158. The van der Waals surface area contributed by atoms with Crippen LogP contribution in [-0.2, 0) is 4.79 Å². The second-order valence-electron chi connectivity index (χ2n) is 5.40. The van der Waals surface area contributed by atoms with Crippen molar-refractivity contribution in [2.24, 2.45) is 0 Å². The van der Waals surface area contributed by atoms with Gasteiger partial charge in [-0.2, -0.15) is 0 Å². The quantitative estimate of drug-likeness (QED) is 0.897. The van der Waals surface area contributed by atoms with Crippen LogP contribution in [0.5, 0.6) is 5.75 Å². The molecule has 1 aliphatic heterocycles. The second kappa shape index (κ2) is 7.90. The third-order valence-corrected chi connectivity index (χ3v) is 4.85. The fourth-order valence-electron chi connectivity index (χ4n) is 2.38. The monoisotopic (exact) mass is 354 g/mol. The minimum Gasteiger partial charge on any atom is -0.497 e. The molecule has 1 heterocycles. The average molecular weight is 354 g/mol. The molecule has 3 rings (SSSR count). The molecule has 0 unspecified atom stereocenters. The molecule has 2 amide bonds. The molecule has 2 aromatic carbocycles. The number of ether oxygens (including phenoxy) is 1. The number of hydrogen-bond donors (Lipinski definition) is 1. The predicted octanol–water partition coefficient (Wildman–Crippen LogP) is 2.95. The van der Waals surface area contributed by atoms with Gasteiger partial charge in [0.25, 0.3) is 11.8 Å². The Morgan fingerprint density at radius 2 is 1.92 bits per heavy atom. The molecule has 0 saturated carbocycles. The summed E-state index contributed by atoms with van der Waals surface area (Å²) in [5.41, 5.74) is 4.21. The third kappa shape index (κ3) is 4.22. The summed E-state index contributed by atoms with van der Waals surface area (Å²) >= 11 is 1.48. The number of methoxy groups -OCH3 is 1. The number of hydrogen-bond acceptors (Lipinski definition) is 4. The molecule has 1 saturated heterocycles. The molecule has 0 aliphatic carbocycles. The molecule has 5 nitrogen and oxygen atoms in total. The molecule has 2 aromatic rings. The molecule has 128 valence electrons. The van der Waals surface area contributed by atoms with Gasteiger partial charge in [-0.05, 0) is 35.9 Å². The Bertz CT molecular complexity index is 775. The number of hydrazine groups is 1. The van der Waals surface area contributed by atoms with Crippen molar-refractivity contribution >= 4 is 29.7 Å². The molecule has 6 heteroatoms. The van der Waals surface area contributed by atoms with Gasteiger partial charge in [0.1, 0.15) is 11.1 Å². The number of benzene rings is 2. The van der Waals surface area contributed by atoms with Gasteiger partial charge in [0.05, 0.1) is 12.9 Å². The molecule has 0 bridgehead atoms. The zero-order valence-corrected chi connectivity index (χ0v) is 14.5. The largest absolute Gasteiger partial charge is 0.497 e. The lowest BCUT2D eigenvalue weighted by molar-refractivity contribution is -0.129. The van der Waals surface area contributed by atoms with Crippen molar-refractivity contribution in [2.75, 3.05) is 12.9 Å². The Morgan fingerprint density at radius 1 is 1.20 bits per heavy atom. The highest BCUT2D eigenvalue weighted by atomic mass is 32.2. The van der Waals surface area contributed by atoms with Crippen molar-refractivity contribution in [2.45, 2.75) is 5.37 Å². The summed E-state index contributed by atoms with van der Waals surface area (Å²) < 4.78 is 5.08. The smallest absolute Gasteiger partial charge is 0.269 e. The maximum Gasteiger partial charge on any atom is 0.269 e. The van der Waals surface area contributed by atoms with E-state index in [4.69, 9.17) is 4.74 Å². The van der Waals surface area contributed by atoms with Crippen LogP contribution in [0.1, 0.15) is 15.9 Å². The van der Waals surface area contributed by atoms with Crippen LogP contribution >= 0.6 is 11.8 Å². The average Bonchev–Trinajstić information content (AvgIpc) is 3.00. The Labute approximate surface area is 150 Å². The summed E-state index contributed by atoms with van der Waals surface area (Å²) in [5.74, 6) is 0.575. The van der Waals surface area contributed by atoms with E-state index < -0.39 is 0 Å². The van der Waals surface area contributed by atoms with Gasteiger partial charge in [0, 0.05) is 5.56 Å². The lowest BCUT2D eigenvalue weighted by Gasteiger charge is -2.22. The zero-order chi connectivity index (χ0) is 17.6. The molecule has 1 atom stereocenters. The molecule has 1 N–H and O–H groups in total. The predicted molar refractivity (Wildman–Crippen MR) is 99.0 cm³/mol. The van der Waals surface area contributed by atoms with Crippen LogP contribution in [0.15, 0.2) is 60.7 Å². The van der Waals surface area contributed by atoms with E-state index in [1.807, 2.05) is 42.5 Å². The van der Waals surface area contributed by atoms with Crippen LogP contribution in [0.4, 0.5) is 0 Å². The second-order valence-corrected chi connectivity index (χ2v) is 6.51. The first-order valence-electron chi connectivity index (χ1n) is 7.79. The summed E-state index contributed by atoms with van der Waals surface area (Å²) in [4.78, 5) is 24.5. The van der Waals surface area contributed by atoms with E-state index >= 15 is 0 Å². The van der Waals surface area contributed by atoms with Crippen molar-refractivity contribution in [1.82, 2.24) is 10.4 Å². The molecule has 1 aliphatic rings. The van der Waals surface area contributed by atoms with E-state index in [2.05, 4.69) is 5.43 Å². The summed E-state index contributed by atoms with van der Waals surface area (Å²) in [6.45, 7) is 0. The van der Waals surface area contributed by atoms with E-state index in [9.17, 15) is 9.59 Å². The number of amides is 2. The van der Waals surface area contributed by atoms with Crippen LogP contribution in [0, 0.1) is 0 Å². The molecule has 25 heavy (non-hydrogen) atoms. The van der Waals surface area contributed by atoms with Gasteiger partial charge in [-0.15, -0.1) is 11.8 Å². The van der Waals surface area contributed by atoms with Crippen molar-refractivity contribution in [3.8, 4) is 5.75 Å². The van der Waals surface area contributed by atoms with Crippen LogP contribution in [0.2, 0.25) is 0 Å². The van der Waals surface area contributed by atoms with Crippen molar-refractivity contribution in [1.29, 1.82) is 0 Å². The molecule has 0 radical (unpaired) electrons. The maximum absolute atomic E-state index is 12.4. The van der Waals surface area contributed by atoms with E-state index in [0.29, 0.717) is 17.1 Å².